The van der Waals surface area contributed by atoms with Crippen LogP contribution in [0.15, 0.2) is 15.0 Å². The zero-order valence-electron chi connectivity index (χ0n) is 14.6. The summed E-state index contributed by atoms with van der Waals surface area (Å²) in [5, 5.41) is 26.3. The second-order valence-electron chi connectivity index (χ2n) is 5.16. The molecular weight excluding hydrogens is 332 g/mol. The number of aliphatic imine (C=N–C) groups is 3. The molecule has 0 fully saturated rings. The summed E-state index contributed by atoms with van der Waals surface area (Å²) >= 11 is 0. The van der Waals surface area contributed by atoms with Crippen LogP contribution in [-0.2, 0) is 14.4 Å². The van der Waals surface area contributed by atoms with Crippen LogP contribution in [0.5, 0.6) is 0 Å². The van der Waals surface area contributed by atoms with Crippen molar-refractivity contribution in [3.63, 3.8) is 0 Å². The van der Waals surface area contributed by atoms with Gasteiger partial charge in [-0.1, -0.05) is 0 Å². The van der Waals surface area contributed by atoms with Crippen LogP contribution in [0, 0.1) is 0 Å². The van der Waals surface area contributed by atoms with Gasteiger partial charge in [-0.15, -0.1) is 0 Å². The van der Waals surface area contributed by atoms with Crippen molar-refractivity contribution in [1.29, 1.82) is 0 Å². The molecule has 140 valence electrons. The fourth-order valence-corrected chi connectivity index (χ4v) is 1.62. The van der Waals surface area contributed by atoms with Gasteiger partial charge in [0, 0.05) is 19.6 Å². The third-order valence-electron chi connectivity index (χ3n) is 3.22. The minimum Gasteiger partial charge on any atom is -0.477 e. The molecule has 0 aromatic rings. The molecule has 10 nitrogen and oxygen atoms in total. The molecule has 0 atom stereocenters. The van der Waals surface area contributed by atoms with Gasteiger partial charge in [0.25, 0.3) is 0 Å². The summed E-state index contributed by atoms with van der Waals surface area (Å²) in [4.78, 5) is 45.8. The van der Waals surface area contributed by atoms with Gasteiger partial charge >= 0.3 is 17.9 Å². The summed E-state index contributed by atoms with van der Waals surface area (Å²) in [6, 6.07) is 0. The van der Waals surface area contributed by atoms with Crippen molar-refractivity contribution in [1.82, 2.24) is 4.90 Å². The zero-order chi connectivity index (χ0) is 19.4. The van der Waals surface area contributed by atoms with E-state index in [2.05, 4.69) is 15.0 Å². The van der Waals surface area contributed by atoms with Gasteiger partial charge in [0.15, 0.2) is 0 Å². The summed E-state index contributed by atoms with van der Waals surface area (Å²) in [5.41, 5.74) is -0.00157. The van der Waals surface area contributed by atoms with Crippen molar-refractivity contribution in [2.75, 3.05) is 39.3 Å². The van der Waals surface area contributed by atoms with E-state index in [4.69, 9.17) is 15.3 Å². The number of aliphatic carboxylic acids is 3. The zero-order valence-corrected chi connectivity index (χ0v) is 14.6. The van der Waals surface area contributed by atoms with E-state index in [1.54, 1.807) is 0 Å². The van der Waals surface area contributed by atoms with Gasteiger partial charge in [-0.2, -0.15) is 0 Å². The molecular formula is C15H24N4O6. The summed E-state index contributed by atoms with van der Waals surface area (Å²) in [6.45, 7) is 6.22. The lowest BCUT2D eigenvalue weighted by Gasteiger charge is -2.19. The predicted molar refractivity (Wildman–Crippen MR) is 93.3 cm³/mol. The minimum atomic E-state index is -1.09. The molecule has 0 aliphatic heterocycles. The largest absolute Gasteiger partial charge is 0.477 e. The Labute approximate surface area is 145 Å². The Hall–Kier alpha value is -2.62. The Morgan fingerprint density at radius 3 is 1.08 bits per heavy atom. The Morgan fingerprint density at radius 1 is 0.640 bits per heavy atom. The number of carbonyl (C=O) groups is 3. The van der Waals surface area contributed by atoms with E-state index in [9.17, 15) is 14.4 Å². The molecule has 0 saturated carbocycles. The predicted octanol–water partition coefficient (Wildman–Crippen LogP) is -0.0751. The number of nitrogens with zero attached hydrogens (tertiary/aromatic N) is 4. The molecule has 0 aromatic carbocycles. The number of hydrogen-bond donors (Lipinski definition) is 3. The summed E-state index contributed by atoms with van der Waals surface area (Å²) < 4.78 is 0. The molecule has 0 aliphatic rings. The molecule has 0 spiro atoms. The lowest BCUT2D eigenvalue weighted by Crippen LogP contribution is -2.32. The number of hydrogen-bond acceptors (Lipinski definition) is 7. The smallest absolute Gasteiger partial charge is 0.349 e. The maximum absolute atomic E-state index is 10.7. The molecule has 0 bridgehead atoms. The second kappa shape index (κ2) is 11.8. The molecule has 25 heavy (non-hydrogen) atoms. The van der Waals surface area contributed by atoms with E-state index in [1.807, 2.05) is 4.90 Å². The van der Waals surface area contributed by atoms with Gasteiger partial charge in [0.05, 0.1) is 19.6 Å². The van der Waals surface area contributed by atoms with Crippen molar-refractivity contribution in [3.05, 3.63) is 0 Å². The Balaban J connectivity index is 4.69. The first-order valence-corrected chi connectivity index (χ1v) is 7.60. The van der Waals surface area contributed by atoms with Crippen LogP contribution < -0.4 is 0 Å². The maximum atomic E-state index is 10.7. The van der Waals surface area contributed by atoms with Crippen LogP contribution in [0.3, 0.4) is 0 Å². The standard InChI is InChI=1S/C15H24N4O6/c1-10(13(20)21)16-4-7-19(8-5-17-11(2)14(22)23)9-6-18-12(3)15(24)25/h4-9H2,1-3H3,(H,20,21)(H,22,23)(H,24,25). The molecule has 0 radical (unpaired) electrons. The van der Waals surface area contributed by atoms with Crippen LogP contribution in [-0.4, -0.2) is 94.5 Å². The lowest BCUT2D eigenvalue weighted by atomic mass is 10.4. The van der Waals surface area contributed by atoms with Gasteiger partial charge in [-0.05, 0) is 20.8 Å². The average molecular weight is 356 g/mol. The highest BCUT2D eigenvalue weighted by molar-refractivity contribution is 6.35. The normalized spacial score (nSPS) is 13.2. The molecule has 10 heteroatoms. The lowest BCUT2D eigenvalue weighted by molar-refractivity contribution is -0.130. The second-order valence-corrected chi connectivity index (χ2v) is 5.16. The van der Waals surface area contributed by atoms with Crippen LogP contribution >= 0.6 is 0 Å². The van der Waals surface area contributed by atoms with Gasteiger partial charge in [-0.3, -0.25) is 19.9 Å². The van der Waals surface area contributed by atoms with Gasteiger partial charge in [-0.25, -0.2) is 14.4 Å². The highest BCUT2D eigenvalue weighted by Gasteiger charge is 2.07. The SMILES string of the molecule is CC(=NCCN(CCN=C(C)C(=O)O)CCN=C(C)C(=O)O)C(=O)O. The molecule has 0 unspecified atom stereocenters. The molecule has 3 N–H and O–H groups in total. The molecule has 0 aliphatic carbocycles. The van der Waals surface area contributed by atoms with Crippen LogP contribution in [0.4, 0.5) is 0 Å². The fraction of sp³-hybridized carbons (Fsp3) is 0.600. The first kappa shape index (κ1) is 22.4. The molecule has 0 aromatic heterocycles. The number of rotatable bonds is 12. The fourth-order valence-electron chi connectivity index (χ4n) is 1.62. The first-order valence-electron chi connectivity index (χ1n) is 7.60. The summed E-state index contributed by atoms with van der Waals surface area (Å²) in [6.07, 6.45) is 0. The summed E-state index contributed by atoms with van der Waals surface area (Å²) in [7, 11) is 0. The molecule has 0 heterocycles. The van der Waals surface area contributed by atoms with Crippen molar-refractivity contribution in [2.24, 2.45) is 15.0 Å². The van der Waals surface area contributed by atoms with Crippen LogP contribution in [0.2, 0.25) is 0 Å². The Bertz CT molecular complexity index is 502. The molecule has 0 rings (SSSR count). The molecule has 0 amide bonds. The highest BCUT2D eigenvalue weighted by atomic mass is 16.4. The third-order valence-corrected chi connectivity index (χ3v) is 3.22. The van der Waals surface area contributed by atoms with E-state index in [1.165, 1.54) is 20.8 Å². The Kier molecular flexibility index (Phi) is 10.6. The van der Waals surface area contributed by atoms with E-state index in [-0.39, 0.29) is 36.8 Å². The topological polar surface area (TPSA) is 152 Å². The molecule has 0 saturated heterocycles. The van der Waals surface area contributed by atoms with Gasteiger partial charge in [0.1, 0.15) is 17.1 Å². The number of carboxylic acid groups (broad SMARTS) is 3. The van der Waals surface area contributed by atoms with Gasteiger partial charge < -0.3 is 15.3 Å². The van der Waals surface area contributed by atoms with E-state index in [0.717, 1.165) is 0 Å². The summed E-state index contributed by atoms with van der Waals surface area (Å²) in [5.74, 6) is -3.26. The van der Waals surface area contributed by atoms with Crippen molar-refractivity contribution < 1.29 is 29.7 Å². The van der Waals surface area contributed by atoms with Crippen molar-refractivity contribution >= 4 is 35.0 Å². The average Bonchev–Trinajstić information content (AvgIpc) is 2.53. The van der Waals surface area contributed by atoms with E-state index in [0.29, 0.717) is 19.6 Å². The minimum absolute atomic E-state index is 0.000523. The number of carboxylic acids is 3. The quantitative estimate of drug-likeness (QED) is 0.414. The van der Waals surface area contributed by atoms with Crippen molar-refractivity contribution in [3.8, 4) is 0 Å². The Morgan fingerprint density at radius 2 is 0.880 bits per heavy atom. The van der Waals surface area contributed by atoms with Crippen LogP contribution in [0.25, 0.3) is 0 Å². The van der Waals surface area contributed by atoms with Crippen molar-refractivity contribution in [2.45, 2.75) is 20.8 Å². The maximum Gasteiger partial charge on any atom is 0.349 e. The monoisotopic (exact) mass is 356 g/mol. The third kappa shape index (κ3) is 10.7. The van der Waals surface area contributed by atoms with E-state index >= 15 is 0 Å². The first-order chi connectivity index (χ1) is 11.6. The van der Waals surface area contributed by atoms with Crippen LogP contribution in [0.1, 0.15) is 20.8 Å². The van der Waals surface area contributed by atoms with Gasteiger partial charge in [0.2, 0.25) is 0 Å². The van der Waals surface area contributed by atoms with E-state index < -0.39 is 17.9 Å². The highest BCUT2D eigenvalue weighted by Crippen LogP contribution is 1.93.